The number of hydrogen-bond acceptors (Lipinski definition) is 6. The molecule has 0 aromatic rings. The first-order valence-electron chi connectivity index (χ1n) is 5.75. The van der Waals surface area contributed by atoms with Gasteiger partial charge in [-0.1, -0.05) is 13.2 Å². The average molecular weight is 274 g/mol. The maximum Gasteiger partial charge on any atom is 0.333 e. The first kappa shape index (κ1) is 19.7. The number of esters is 2. The molecule has 0 aromatic carbocycles. The predicted octanol–water partition coefficient (Wildman–Crippen LogP) is 0.584. The van der Waals surface area contributed by atoms with Crippen LogP contribution in [0.2, 0.25) is 0 Å². The third-order valence-corrected chi connectivity index (χ3v) is 1.52. The van der Waals surface area contributed by atoms with Crippen LogP contribution in [0.1, 0.15) is 20.3 Å². The highest BCUT2D eigenvalue weighted by atomic mass is 16.5. The van der Waals surface area contributed by atoms with Crippen molar-refractivity contribution in [1.29, 1.82) is 0 Å². The number of rotatable bonds is 7. The molecule has 2 N–H and O–H groups in total. The third kappa shape index (κ3) is 16.3. The van der Waals surface area contributed by atoms with Gasteiger partial charge in [0.2, 0.25) is 0 Å². The van der Waals surface area contributed by atoms with Crippen LogP contribution < -0.4 is 0 Å². The molecule has 1 unspecified atom stereocenters. The standard InChI is InChI=1S/C7H12O3.C6H10O3/c1-6(2)7(9)10-5-3-4-8;1-3-6(8)9-4-5(2)7/h8H,1,3-5H2,2H3;3,5,7H,1,4H2,2H3. The van der Waals surface area contributed by atoms with Crippen molar-refractivity contribution in [3.8, 4) is 0 Å². The summed E-state index contributed by atoms with van der Waals surface area (Å²) in [5, 5.41) is 16.9. The monoisotopic (exact) mass is 274 g/mol. The Labute approximate surface area is 113 Å². The lowest BCUT2D eigenvalue weighted by Gasteiger charge is -2.02. The summed E-state index contributed by atoms with van der Waals surface area (Å²) in [7, 11) is 0. The minimum Gasteiger partial charge on any atom is -0.462 e. The van der Waals surface area contributed by atoms with Crippen molar-refractivity contribution in [3.63, 3.8) is 0 Å². The molecule has 0 aromatic heterocycles. The van der Waals surface area contributed by atoms with Crippen molar-refractivity contribution in [1.82, 2.24) is 0 Å². The Balaban J connectivity index is 0. The summed E-state index contributed by atoms with van der Waals surface area (Å²) in [5.74, 6) is -0.899. The van der Waals surface area contributed by atoms with Crippen LogP contribution >= 0.6 is 0 Å². The molecule has 0 amide bonds. The molecule has 0 heterocycles. The highest BCUT2D eigenvalue weighted by molar-refractivity contribution is 5.86. The SMILES string of the molecule is C=C(C)C(=O)OCCCO.C=CC(=O)OCC(C)O. The van der Waals surface area contributed by atoms with Gasteiger partial charge in [0.05, 0.1) is 12.7 Å². The van der Waals surface area contributed by atoms with E-state index < -0.39 is 18.0 Å². The fourth-order valence-corrected chi connectivity index (χ4v) is 0.614. The fraction of sp³-hybridized carbons (Fsp3) is 0.538. The van der Waals surface area contributed by atoms with Gasteiger partial charge in [0, 0.05) is 24.7 Å². The lowest BCUT2D eigenvalue weighted by atomic mass is 10.4. The maximum absolute atomic E-state index is 10.6. The zero-order chi connectivity index (χ0) is 15.3. The molecule has 0 radical (unpaired) electrons. The zero-order valence-electron chi connectivity index (χ0n) is 11.4. The third-order valence-electron chi connectivity index (χ3n) is 1.52. The van der Waals surface area contributed by atoms with Crippen molar-refractivity contribution in [2.24, 2.45) is 0 Å². The van der Waals surface area contributed by atoms with E-state index in [1.807, 2.05) is 0 Å². The molecule has 1 atom stereocenters. The van der Waals surface area contributed by atoms with E-state index in [1.54, 1.807) is 6.92 Å². The van der Waals surface area contributed by atoms with Crippen LogP contribution in [0.3, 0.4) is 0 Å². The lowest BCUT2D eigenvalue weighted by molar-refractivity contribution is -0.140. The Morgan fingerprint density at radius 3 is 2.32 bits per heavy atom. The van der Waals surface area contributed by atoms with Crippen LogP contribution in [-0.2, 0) is 19.1 Å². The molecule has 0 rings (SSSR count). The Kier molecular flexibility index (Phi) is 13.2. The molecular weight excluding hydrogens is 252 g/mol. The summed E-state index contributed by atoms with van der Waals surface area (Å²) >= 11 is 0. The quantitative estimate of drug-likeness (QED) is 0.401. The first-order chi connectivity index (χ1) is 8.84. The molecular formula is C13H22O6. The van der Waals surface area contributed by atoms with E-state index in [-0.39, 0.29) is 19.8 Å². The smallest absolute Gasteiger partial charge is 0.333 e. The van der Waals surface area contributed by atoms with Crippen LogP contribution in [0.5, 0.6) is 0 Å². The second kappa shape index (κ2) is 12.8. The number of aliphatic hydroxyl groups excluding tert-OH is 2. The van der Waals surface area contributed by atoms with Crippen LogP contribution in [-0.4, -0.2) is 48.1 Å². The van der Waals surface area contributed by atoms with Crippen LogP contribution in [0.25, 0.3) is 0 Å². The van der Waals surface area contributed by atoms with Crippen LogP contribution in [0, 0.1) is 0 Å². The van der Waals surface area contributed by atoms with Crippen molar-refractivity contribution in [3.05, 3.63) is 24.8 Å². The Bertz CT molecular complexity index is 296. The summed E-state index contributed by atoms with van der Waals surface area (Å²) in [6.07, 6.45) is 0.940. The van der Waals surface area contributed by atoms with Gasteiger partial charge in [0.1, 0.15) is 6.61 Å². The molecule has 0 aliphatic rings. The van der Waals surface area contributed by atoms with Crippen molar-refractivity contribution >= 4 is 11.9 Å². The van der Waals surface area contributed by atoms with E-state index in [4.69, 9.17) is 10.2 Å². The topological polar surface area (TPSA) is 93.1 Å². The van der Waals surface area contributed by atoms with E-state index in [0.29, 0.717) is 12.0 Å². The van der Waals surface area contributed by atoms with Gasteiger partial charge in [-0.25, -0.2) is 9.59 Å². The summed E-state index contributed by atoms with van der Waals surface area (Å²) in [4.78, 5) is 20.9. The average Bonchev–Trinajstić information content (AvgIpc) is 2.36. The summed E-state index contributed by atoms with van der Waals surface area (Å²) in [6, 6.07) is 0. The molecule has 0 bridgehead atoms. The van der Waals surface area contributed by atoms with Gasteiger partial charge < -0.3 is 19.7 Å². The Morgan fingerprint density at radius 1 is 1.37 bits per heavy atom. The Morgan fingerprint density at radius 2 is 1.95 bits per heavy atom. The van der Waals surface area contributed by atoms with Crippen molar-refractivity contribution < 1.29 is 29.3 Å². The normalized spacial score (nSPS) is 10.5. The maximum atomic E-state index is 10.6. The summed E-state index contributed by atoms with van der Waals surface area (Å²) < 4.78 is 9.09. The first-order valence-corrected chi connectivity index (χ1v) is 5.75. The van der Waals surface area contributed by atoms with Crippen molar-refractivity contribution in [2.45, 2.75) is 26.4 Å². The molecule has 0 saturated heterocycles. The zero-order valence-corrected chi connectivity index (χ0v) is 11.4. The van der Waals surface area contributed by atoms with E-state index in [1.165, 1.54) is 6.92 Å². The van der Waals surface area contributed by atoms with Gasteiger partial charge in [-0.05, 0) is 13.8 Å². The minimum absolute atomic E-state index is 0.0326. The van der Waals surface area contributed by atoms with Crippen molar-refractivity contribution in [2.75, 3.05) is 19.8 Å². The molecule has 0 aliphatic heterocycles. The summed E-state index contributed by atoms with van der Waals surface area (Å²) in [5.41, 5.74) is 0.387. The fourth-order valence-electron chi connectivity index (χ4n) is 0.614. The highest BCUT2D eigenvalue weighted by Crippen LogP contribution is 1.92. The number of hydrogen-bond donors (Lipinski definition) is 2. The number of aliphatic hydroxyl groups is 2. The van der Waals surface area contributed by atoms with Gasteiger partial charge in [-0.2, -0.15) is 0 Å². The van der Waals surface area contributed by atoms with Gasteiger partial charge in [-0.3, -0.25) is 0 Å². The van der Waals surface area contributed by atoms with Gasteiger partial charge >= 0.3 is 11.9 Å². The number of carbonyl (C=O) groups excluding carboxylic acids is 2. The molecule has 6 nitrogen and oxygen atoms in total. The number of carbonyl (C=O) groups is 2. The molecule has 0 spiro atoms. The van der Waals surface area contributed by atoms with Crippen LogP contribution in [0.4, 0.5) is 0 Å². The van der Waals surface area contributed by atoms with E-state index in [0.717, 1.165) is 6.08 Å². The van der Waals surface area contributed by atoms with E-state index >= 15 is 0 Å². The van der Waals surface area contributed by atoms with E-state index in [2.05, 4.69) is 22.6 Å². The van der Waals surface area contributed by atoms with Gasteiger partial charge in [0.15, 0.2) is 0 Å². The molecule has 0 aliphatic carbocycles. The minimum atomic E-state index is -0.603. The molecule has 0 saturated carbocycles. The molecule has 19 heavy (non-hydrogen) atoms. The van der Waals surface area contributed by atoms with Crippen LogP contribution in [0.15, 0.2) is 24.8 Å². The highest BCUT2D eigenvalue weighted by Gasteiger charge is 2.00. The second-order valence-corrected chi connectivity index (χ2v) is 3.68. The largest absolute Gasteiger partial charge is 0.462 e. The second-order valence-electron chi connectivity index (χ2n) is 3.68. The molecule has 6 heteroatoms. The van der Waals surface area contributed by atoms with Gasteiger partial charge in [0.25, 0.3) is 0 Å². The lowest BCUT2D eigenvalue weighted by Crippen LogP contribution is -2.13. The Hall–Kier alpha value is -1.66. The number of ether oxygens (including phenoxy) is 2. The predicted molar refractivity (Wildman–Crippen MR) is 70.3 cm³/mol. The molecule has 0 fully saturated rings. The van der Waals surface area contributed by atoms with Gasteiger partial charge in [-0.15, -0.1) is 0 Å². The van der Waals surface area contributed by atoms with E-state index in [9.17, 15) is 9.59 Å². The molecule has 110 valence electrons. The summed E-state index contributed by atoms with van der Waals surface area (Å²) in [6.45, 7) is 10.0.